The molecule has 0 aromatic heterocycles. The Kier molecular flexibility index (Phi) is 10.5. The van der Waals surface area contributed by atoms with Crippen molar-refractivity contribution in [1.29, 1.82) is 0 Å². The van der Waals surface area contributed by atoms with Crippen LogP contribution in [-0.4, -0.2) is 66.9 Å². The van der Waals surface area contributed by atoms with Gasteiger partial charge in [0.1, 0.15) is 11.4 Å². The van der Waals surface area contributed by atoms with Crippen LogP contribution in [0.25, 0.3) is 0 Å². The fraction of sp³-hybridized carbons (Fsp3) is 0.280. The van der Waals surface area contributed by atoms with Gasteiger partial charge in [-0.05, 0) is 43.0 Å². The van der Waals surface area contributed by atoms with Crippen molar-refractivity contribution in [1.82, 2.24) is 14.7 Å². The van der Waals surface area contributed by atoms with Crippen molar-refractivity contribution in [3.05, 3.63) is 89.0 Å². The van der Waals surface area contributed by atoms with E-state index in [0.29, 0.717) is 53.9 Å². The average molecular weight is 471 g/mol. The Morgan fingerprint density at radius 2 is 1.82 bits per heavy atom. The maximum absolute atomic E-state index is 11.6. The molecule has 2 aromatic rings. The third kappa shape index (κ3) is 7.66. The zero-order chi connectivity index (χ0) is 24.2. The van der Waals surface area contributed by atoms with E-state index in [0.717, 1.165) is 5.56 Å². The Balaban J connectivity index is 2.50. The second kappa shape index (κ2) is 13.3. The summed E-state index contributed by atoms with van der Waals surface area (Å²) >= 11 is 6.00. The molecule has 2 aromatic carbocycles. The van der Waals surface area contributed by atoms with Crippen molar-refractivity contribution >= 4 is 24.7 Å². The monoisotopic (exact) mass is 470 g/mol. The molecule has 2 rings (SSSR count). The van der Waals surface area contributed by atoms with Crippen LogP contribution < -0.4 is 4.74 Å². The highest BCUT2D eigenvalue weighted by atomic mass is 35.5. The van der Waals surface area contributed by atoms with Crippen molar-refractivity contribution < 1.29 is 14.6 Å². The third-order valence-electron chi connectivity index (χ3n) is 4.97. The van der Waals surface area contributed by atoms with Crippen LogP contribution in [0.5, 0.6) is 5.75 Å². The predicted octanol–water partition coefficient (Wildman–Crippen LogP) is 3.96. The van der Waals surface area contributed by atoms with Crippen LogP contribution >= 0.6 is 11.6 Å². The van der Waals surface area contributed by atoms with Crippen molar-refractivity contribution in [2.45, 2.75) is 13.0 Å². The molecule has 0 radical (unpaired) electrons. The number of aliphatic imine (C=N–C) groups is 1. The van der Waals surface area contributed by atoms with E-state index in [-0.39, 0.29) is 13.3 Å². The molecule has 0 bridgehead atoms. The minimum atomic E-state index is 0.0604. The van der Waals surface area contributed by atoms with Crippen LogP contribution in [0, 0.1) is 0 Å². The molecule has 0 heterocycles. The lowest BCUT2D eigenvalue weighted by molar-refractivity contribution is -0.115. The first-order valence-electron chi connectivity index (χ1n) is 10.5. The van der Waals surface area contributed by atoms with E-state index in [4.69, 9.17) is 16.3 Å². The molecule has 0 saturated carbocycles. The van der Waals surface area contributed by atoms with E-state index >= 15 is 0 Å². The number of aliphatic hydroxyl groups excluding tert-OH is 1. The van der Waals surface area contributed by atoms with Gasteiger partial charge in [-0.2, -0.15) is 0 Å². The zero-order valence-electron chi connectivity index (χ0n) is 19.2. The number of ether oxygens (including phenoxy) is 1. The van der Waals surface area contributed by atoms with E-state index in [1.54, 1.807) is 31.3 Å². The highest BCUT2D eigenvalue weighted by Crippen LogP contribution is 2.26. The molecule has 0 atom stereocenters. The molecule has 0 spiro atoms. The summed E-state index contributed by atoms with van der Waals surface area (Å²) in [6, 6.07) is 17.0. The zero-order valence-corrected chi connectivity index (χ0v) is 19.9. The Hall–Kier alpha value is -3.29. The molecule has 8 heteroatoms. The Bertz CT molecular complexity index is 948. The van der Waals surface area contributed by atoms with Gasteiger partial charge in [-0.15, -0.1) is 0 Å². The Morgan fingerprint density at radius 1 is 1.15 bits per heavy atom. The maximum Gasteiger partial charge on any atom is 0.215 e. The first kappa shape index (κ1) is 26.0. The van der Waals surface area contributed by atoms with E-state index < -0.39 is 0 Å². The number of rotatable bonds is 14. The molecule has 176 valence electrons. The summed E-state index contributed by atoms with van der Waals surface area (Å²) < 4.78 is 6.06. The number of aliphatic hydroxyl groups is 1. The molecular formula is C25H31ClN4O3. The fourth-order valence-electron chi connectivity index (χ4n) is 3.16. The van der Waals surface area contributed by atoms with Crippen molar-refractivity contribution in [3.63, 3.8) is 0 Å². The Morgan fingerprint density at radius 3 is 2.39 bits per heavy atom. The number of hydrogen-bond acceptors (Lipinski definition) is 6. The molecule has 0 aliphatic carbocycles. The summed E-state index contributed by atoms with van der Waals surface area (Å²) in [5.41, 5.74) is 2.26. The van der Waals surface area contributed by atoms with E-state index in [2.05, 4.69) is 18.3 Å². The molecule has 0 aliphatic rings. The number of carbonyl (C=O) groups is 1. The number of likely N-dealkylation sites (N-methyl/N-ethyl adjacent to an activating group) is 1. The summed E-state index contributed by atoms with van der Waals surface area (Å²) in [6.45, 7) is 9.21. The molecule has 0 saturated heterocycles. The SMILES string of the molecule is C=N/C(=C(/C(=C)N(C)CCCO)N(COc1ccc(Cl)cc1)Cc1ccccc1)N(C)C=O. The molecular weight excluding hydrogens is 440 g/mol. The van der Waals surface area contributed by atoms with Crippen molar-refractivity contribution in [2.24, 2.45) is 4.99 Å². The fourth-order valence-corrected chi connectivity index (χ4v) is 3.28. The van der Waals surface area contributed by atoms with Gasteiger partial charge in [0.05, 0.1) is 5.70 Å². The van der Waals surface area contributed by atoms with Gasteiger partial charge in [0.25, 0.3) is 0 Å². The van der Waals surface area contributed by atoms with Crippen LogP contribution in [0.1, 0.15) is 12.0 Å². The van der Waals surface area contributed by atoms with Crippen LogP contribution in [0.3, 0.4) is 0 Å². The van der Waals surface area contributed by atoms with Gasteiger partial charge in [0, 0.05) is 38.8 Å². The van der Waals surface area contributed by atoms with Crippen LogP contribution in [0.4, 0.5) is 0 Å². The highest BCUT2D eigenvalue weighted by molar-refractivity contribution is 6.30. The van der Waals surface area contributed by atoms with Gasteiger partial charge in [-0.1, -0.05) is 48.5 Å². The molecule has 0 unspecified atom stereocenters. The molecule has 1 amide bonds. The smallest absolute Gasteiger partial charge is 0.215 e. The minimum Gasteiger partial charge on any atom is -0.473 e. The van der Waals surface area contributed by atoms with Gasteiger partial charge in [-0.3, -0.25) is 4.79 Å². The lowest BCUT2D eigenvalue weighted by atomic mass is 10.2. The maximum atomic E-state index is 11.6. The van der Waals surface area contributed by atoms with Gasteiger partial charge in [0.2, 0.25) is 6.41 Å². The Labute approximate surface area is 200 Å². The number of halogens is 1. The first-order chi connectivity index (χ1) is 15.9. The van der Waals surface area contributed by atoms with E-state index in [1.165, 1.54) is 4.90 Å². The summed E-state index contributed by atoms with van der Waals surface area (Å²) in [6.07, 6.45) is 1.24. The summed E-state index contributed by atoms with van der Waals surface area (Å²) in [5.74, 6) is 0.995. The first-order valence-corrected chi connectivity index (χ1v) is 10.9. The summed E-state index contributed by atoms with van der Waals surface area (Å²) in [4.78, 5) is 21.0. The lowest BCUT2D eigenvalue weighted by Crippen LogP contribution is -2.35. The van der Waals surface area contributed by atoms with Gasteiger partial charge in [-0.25, -0.2) is 4.99 Å². The standard InChI is InChI=1S/C25H31ClN4O3/c1-20(28(3)15-8-16-31)24(25(27-2)29(4)18-32)30(17-21-9-6-5-7-10-21)19-33-23-13-11-22(26)12-14-23/h5-7,9-14,18,31H,1-2,8,15-17,19H2,3-4H3/b25-24+. The van der Waals surface area contributed by atoms with Crippen molar-refractivity contribution in [2.75, 3.05) is 34.0 Å². The van der Waals surface area contributed by atoms with Crippen LogP contribution in [0.15, 0.2) is 83.4 Å². The topological polar surface area (TPSA) is 68.6 Å². The molecule has 1 N–H and O–H groups in total. The van der Waals surface area contributed by atoms with Crippen LogP contribution in [-0.2, 0) is 11.3 Å². The predicted molar refractivity (Wildman–Crippen MR) is 133 cm³/mol. The number of amides is 1. The largest absolute Gasteiger partial charge is 0.473 e. The van der Waals surface area contributed by atoms with E-state index in [1.807, 2.05) is 47.2 Å². The van der Waals surface area contributed by atoms with E-state index in [9.17, 15) is 9.90 Å². The second-order valence-corrected chi connectivity index (χ2v) is 7.84. The lowest BCUT2D eigenvalue weighted by Gasteiger charge is -2.34. The number of carbonyl (C=O) groups excluding carboxylic acids is 1. The molecule has 0 aliphatic heterocycles. The quantitative estimate of drug-likeness (QED) is 0.196. The molecule has 33 heavy (non-hydrogen) atoms. The van der Waals surface area contributed by atoms with Gasteiger partial charge in [0.15, 0.2) is 12.6 Å². The third-order valence-corrected chi connectivity index (χ3v) is 5.22. The number of benzene rings is 2. The summed E-state index contributed by atoms with van der Waals surface area (Å²) in [5, 5.41) is 9.88. The molecule has 7 nitrogen and oxygen atoms in total. The number of hydrogen-bond donors (Lipinski definition) is 1. The van der Waals surface area contributed by atoms with Crippen LogP contribution in [0.2, 0.25) is 5.02 Å². The second-order valence-electron chi connectivity index (χ2n) is 7.40. The molecule has 0 fully saturated rings. The summed E-state index contributed by atoms with van der Waals surface area (Å²) in [7, 11) is 3.49. The highest BCUT2D eigenvalue weighted by Gasteiger charge is 2.23. The number of nitrogens with zero attached hydrogens (tertiary/aromatic N) is 4. The van der Waals surface area contributed by atoms with Gasteiger partial charge >= 0.3 is 0 Å². The minimum absolute atomic E-state index is 0.0604. The normalized spacial score (nSPS) is 11.3. The van der Waals surface area contributed by atoms with Crippen molar-refractivity contribution in [3.8, 4) is 5.75 Å². The average Bonchev–Trinajstić information content (AvgIpc) is 2.84. The van der Waals surface area contributed by atoms with Gasteiger partial charge < -0.3 is 24.5 Å².